The molecule has 1 aromatic carbocycles. The molecule has 1 aromatic rings. The highest BCUT2D eigenvalue weighted by atomic mass is 16.3. The molecule has 1 fully saturated rings. The van der Waals surface area contributed by atoms with E-state index in [1.807, 2.05) is 35.2 Å². The number of nitrogens with zero attached hydrogens (tertiary/aromatic N) is 1. The van der Waals surface area contributed by atoms with E-state index in [0.29, 0.717) is 13.1 Å². The number of hydrogen-bond acceptors (Lipinski definition) is 3. The lowest BCUT2D eigenvalue weighted by Crippen LogP contribution is -2.22. The van der Waals surface area contributed by atoms with E-state index in [-0.39, 0.29) is 0 Å². The Kier molecular flexibility index (Phi) is 2.20. The van der Waals surface area contributed by atoms with Gasteiger partial charge in [0.1, 0.15) is 0 Å². The molecule has 1 aliphatic rings. The van der Waals surface area contributed by atoms with Gasteiger partial charge in [0.15, 0.2) is 0 Å². The Balaban J connectivity index is 2.12. The molecule has 70 valence electrons. The minimum absolute atomic E-state index is 0.519. The molecule has 2 atom stereocenters. The first kappa shape index (κ1) is 8.53. The van der Waals surface area contributed by atoms with Crippen LogP contribution in [0.1, 0.15) is 0 Å². The van der Waals surface area contributed by atoms with Crippen LogP contribution in [0.15, 0.2) is 30.3 Å². The summed E-state index contributed by atoms with van der Waals surface area (Å²) in [5.74, 6) is 0. The number of β-amino-alcohol motifs (C(OH)–C–C–N with tert-alkyl or cyclic N) is 2. The van der Waals surface area contributed by atoms with Crippen molar-refractivity contribution in [3.8, 4) is 0 Å². The zero-order valence-electron chi connectivity index (χ0n) is 7.30. The summed E-state index contributed by atoms with van der Waals surface area (Å²) < 4.78 is 0. The second kappa shape index (κ2) is 3.36. The molecule has 0 aromatic heterocycles. The van der Waals surface area contributed by atoms with Crippen LogP contribution in [0.25, 0.3) is 0 Å². The van der Waals surface area contributed by atoms with Crippen molar-refractivity contribution >= 4 is 5.69 Å². The smallest absolute Gasteiger partial charge is 0.0990 e. The molecule has 0 amide bonds. The van der Waals surface area contributed by atoms with Crippen LogP contribution in [0, 0.1) is 0 Å². The van der Waals surface area contributed by atoms with Crippen molar-refractivity contribution in [2.75, 3.05) is 18.0 Å². The maximum absolute atomic E-state index is 9.34. The normalized spacial score (nSPS) is 28.0. The SMILES string of the molecule is O[C@H]1CN(c2ccccc2)C[C@@H]1O. The highest BCUT2D eigenvalue weighted by Gasteiger charge is 2.29. The zero-order chi connectivity index (χ0) is 9.26. The van der Waals surface area contributed by atoms with E-state index >= 15 is 0 Å². The summed E-state index contributed by atoms with van der Waals surface area (Å²) in [6.45, 7) is 1.04. The molecule has 1 saturated heterocycles. The Bertz CT molecular complexity index is 266. The second-order valence-corrected chi connectivity index (χ2v) is 3.38. The van der Waals surface area contributed by atoms with Crippen molar-refractivity contribution in [1.29, 1.82) is 0 Å². The molecule has 1 aliphatic heterocycles. The number of aliphatic hydroxyl groups is 2. The second-order valence-electron chi connectivity index (χ2n) is 3.38. The summed E-state index contributed by atoms with van der Waals surface area (Å²) in [6, 6.07) is 9.81. The Morgan fingerprint density at radius 3 is 2.08 bits per heavy atom. The first-order chi connectivity index (χ1) is 6.27. The van der Waals surface area contributed by atoms with E-state index in [9.17, 15) is 10.2 Å². The van der Waals surface area contributed by atoms with Crippen LogP contribution in [0.5, 0.6) is 0 Å². The summed E-state index contributed by atoms with van der Waals surface area (Å²) in [4.78, 5) is 1.98. The molecule has 2 N–H and O–H groups in total. The van der Waals surface area contributed by atoms with Gasteiger partial charge in [-0.15, -0.1) is 0 Å². The van der Waals surface area contributed by atoms with Gasteiger partial charge in [-0.25, -0.2) is 0 Å². The summed E-state index contributed by atoms with van der Waals surface area (Å²) in [7, 11) is 0. The minimum Gasteiger partial charge on any atom is -0.389 e. The first-order valence-electron chi connectivity index (χ1n) is 4.43. The van der Waals surface area contributed by atoms with Gasteiger partial charge in [0.2, 0.25) is 0 Å². The van der Waals surface area contributed by atoms with Crippen molar-refractivity contribution in [3.05, 3.63) is 30.3 Å². The molecular formula is C10H13NO2. The topological polar surface area (TPSA) is 43.7 Å². The number of hydrogen-bond donors (Lipinski definition) is 2. The van der Waals surface area contributed by atoms with Crippen molar-refractivity contribution in [1.82, 2.24) is 0 Å². The molecule has 0 bridgehead atoms. The monoisotopic (exact) mass is 179 g/mol. The maximum atomic E-state index is 9.34. The van der Waals surface area contributed by atoms with Crippen LogP contribution in [0.3, 0.4) is 0 Å². The predicted octanol–water partition coefficient (Wildman–Crippen LogP) is 0.228. The number of anilines is 1. The van der Waals surface area contributed by atoms with Gasteiger partial charge >= 0.3 is 0 Å². The lowest BCUT2D eigenvalue weighted by atomic mass is 10.3. The maximum Gasteiger partial charge on any atom is 0.0990 e. The fourth-order valence-corrected chi connectivity index (χ4v) is 1.62. The van der Waals surface area contributed by atoms with E-state index in [0.717, 1.165) is 5.69 Å². The van der Waals surface area contributed by atoms with E-state index in [4.69, 9.17) is 0 Å². The average molecular weight is 179 g/mol. The Morgan fingerprint density at radius 1 is 1.00 bits per heavy atom. The molecule has 3 nitrogen and oxygen atoms in total. The summed E-state index contributed by atoms with van der Waals surface area (Å²) in [5, 5.41) is 18.7. The van der Waals surface area contributed by atoms with Gasteiger partial charge in [0.05, 0.1) is 12.2 Å². The third-order valence-electron chi connectivity index (χ3n) is 2.38. The fourth-order valence-electron chi connectivity index (χ4n) is 1.62. The molecule has 0 aliphatic carbocycles. The summed E-state index contributed by atoms with van der Waals surface area (Å²) >= 11 is 0. The molecule has 13 heavy (non-hydrogen) atoms. The standard InChI is InChI=1S/C10H13NO2/c12-9-6-11(7-10(9)13)8-4-2-1-3-5-8/h1-5,9-10,12-13H,6-7H2/t9-,10-/m0/s1. The third kappa shape index (κ3) is 1.66. The quantitative estimate of drug-likeness (QED) is 0.648. The van der Waals surface area contributed by atoms with Crippen LogP contribution < -0.4 is 4.90 Å². The van der Waals surface area contributed by atoms with E-state index in [2.05, 4.69) is 0 Å². The summed E-state index contributed by atoms with van der Waals surface area (Å²) in [6.07, 6.45) is -1.22. The van der Waals surface area contributed by atoms with Gasteiger partial charge in [-0.3, -0.25) is 0 Å². The third-order valence-corrected chi connectivity index (χ3v) is 2.38. The van der Waals surface area contributed by atoms with Gasteiger partial charge in [0.25, 0.3) is 0 Å². The van der Waals surface area contributed by atoms with E-state index in [1.165, 1.54) is 0 Å². The number of para-hydroxylation sites is 1. The Hall–Kier alpha value is -1.06. The van der Waals surface area contributed by atoms with Gasteiger partial charge in [-0.2, -0.15) is 0 Å². The van der Waals surface area contributed by atoms with Crippen LogP contribution >= 0.6 is 0 Å². The first-order valence-corrected chi connectivity index (χ1v) is 4.43. The van der Waals surface area contributed by atoms with E-state index < -0.39 is 12.2 Å². The molecular weight excluding hydrogens is 166 g/mol. The molecule has 0 unspecified atom stereocenters. The van der Waals surface area contributed by atoms with Crippen molar-refractivity contribution in [3.63, 3.8) is 0 Å². The highest BCUT2D eigenvalue weighted by Crippen LogP contribution is 2.19. The zero-order valence-corrected chi connectivity index (χ0v) is 7.30. The number of rotatable bonds is 1. The molecule has 0 spiro atoms. The number of benzene rings is 1. The van der Waals surface area contributed by atoms with Gasteiger partial charge in [-0.1, -0.05) is 18.2 Å². The van der Waals surface area contributed by atoms with Crippen LogP contribution in [0.4, 0.5) is 5.69 Å². The van der Waals surface area contributed by atoms with Crippen molar-refractivity contribution in [2.24, 2.45) is 0 Å². The fraction of sp³-hybridized carbons (Fsp3) is 0.400. The summed E-state index contributed by atoms with van der Waals surface area (Å²) in [5.41, 5.74) is 1.05. The average Bonchev–Trinajstić information content (AvgIpc) is 2.49. The van der Waals surface area contributed by atoms with Gasteiger partial charge in [-0.05, 0) is 12.1 Å². The Labute approximate surface area is 77.2 Å². The van der Waals surface area contributed by atoms with Crippen molar-refractivity contribution in [2.45, 2.75) is 12.2 Å². The largest absolute Gasteiger partial charge is 0.389 e. The van der Waals surface area contributed by atoms with Crippen molar-refractivity contribution < 1.29 is 10.2 Å². The van der Waals surface area contributed by atoms with Crippen LogP contribution in [-0.4, -0.2) is 35.5 Å². The molecule has 0 saturated carbocycles. The van der Waals surface area contributed by atoms with Gasteiger partial charge < -0.3 is 15.1 Å². The molecule has 0 radical (unpaired) electrons. The molecule has 1 heterocycles. The van der Waals surface area contributed by atoms with Gasteiger partial charge in [0, 0.05) is 18.8 Å². The van der Waals surface area contributed by atoms with Crippen LogP contribution in [-0.2, 0) is 0 Å². The molecule has 2 rings (SSSR count). The minimum atomic E-state index is -0.611. The van der Waals surface area contributed by atoms with Crippen LogP contribution in [0.2, 0.25) is 0 Å². The Morgan fingerprint density at radius 2 is 1.54 bits per heavy atom. The highest BCUT2D eigenvalue weighted by molar-refractivity contribution is 5.47. The van der Waals surface area contributed by atoms with E-state index in [1.54, 1.807) is 0 Å². The lowest BCUT2D eigenvalue weighted by Gasteiger charge is -2.16. The number of aliphatic hydroxyl groups excluding tert-OH is 2. The molecule has 3 heteroatoms. The lowest BCUT2D eigenvalue weighted by molar-refractivity contribution is 0.0572. The predicted molar refractivity (Wildman–Crippen MR) is 50.7 cm³/mol.